The Balaban J connectivity index is 1.85. The number of nitrogens with one attached hydrogen (secondary N) is 1. The van der Waals surface area contributed by atoms with Crippen LogP contribution in [0.15, 0.2) is 66.4 Å². The van der Waals surface area contributed by atoms with E-state index < -0.39 is 17.6 Å². The normalized spacial score (nSPS) is 13.9. The molecule has 0 aromatic heterocycles. The van der Waals surface area contributed by atoms with Gasteiger partial charge < -0.3 is 5.32 Å². The number of aryl methyl sites for hydroxylation is 3. The van der Waals surface area contributed by atoms with Gasteiger partial charge in [0.1, 0.15) is 11.5 Å². The SMILES string of the molecule is Cc1ccc(C2=C(Nc3ccc(C)c(Cl)c3)C(=O)N(c3cccc(F)c3)C2=O)cc1C. The Kier molecular flexibility index (Phi) is 5.38. The summed E-state index contributed by atoms with van der Waals surface area (Å²) >= 11 is 6.24. The Labute approximate surface area is 185 Å². The number of carbonyl (C=O) groups excluding carboxylic acids is 2. The quantitative estimate of drug-likeness (QED) is 0.528. The van der Waals surface area contributed by atoms with Crippen LogP contribution in [0, 0.1) is 26.6 Å². The van der Waals surface area contributed by atoms with Crippen LogP contribution in [0.4, 0.5) is 15.8 Å². The van der Waals surface area contributed by atoms with Crippen molar-refractivity contribution in [2.75, 3.05) is 10.2 Å². The first kappa shape index (κ1) is 20.8. The molecule has 0 saturated carbocycles. The summed E-state index contributed by atoms with van der Waals surface area (Å²) < 4.78 is 13.8. The van der Waals surface area contributed by atoms with Gasteiger partial charge in [-0.25, -0.2) is 9.29 Å². The van der Waals surface area contributed by atoms with Crippen LogP contribution in [0.25, 0.3) is 5.57 Å². The second kappa shape index (κ2) is 8.00. The third-order valence-corrected chi connectivity index (χ3v) is 5.79. The fraction of sp³-hybridized carbons (Fsp3) is 0.120. The van der Waals surface area contributed by atoms with Crippen molar-refractivity contribution in [1.82, 2.24) is 0 Å². The third kappa shape index (κ3) is 3.84. The minimum Gasteiger partial charge on any atom is -0.350 e. The number of imide groups is 1. The molecule has 1 aliphatic heterocycles. The van der Waals surface area contributed by atoms with E-state index in [0.29, 0.717) is 16.3 Å². The van der Waals surface area contributed by atoms with Gasteiger partial charge in [-0.15, -0.1) is 0 Å². The summed E-state index contributed by atoms with van der Waals surface area (Å²) in [6.45, 7) is 5.79. The van der Waals surface area contributed by atoms with Gasteiger partial charge in [0.15, 0.2) is 0 Å². The second-order valence-electron chi connectivity index (χ2n) is 7.56. The molecule has 3 aromatic rings. The molecule has 31 heavy (non-hydrogen) atoms. The number of carbonyl (C=O) groups is 2. The topological polar surface area (TPSA) is 49.4 Å². The zero-order chi connectivity index (χ0) is 22.3. The Morgan fingerprint density at radius 2 is 1.58 bits per heavy atom. The van der Waals surface area contributed by atoms with Crippen molar-refractivity contribution in [3.63, 3.8) is 0 Å². The van der Waals surface area contributed by atoms with Crippen molar-refractivity contribution in [3.05, 3.63) is 99.5 Å². The largest absolute Gasteiger partial charge is 0.350 e. The zero-order valence-electron chi connectivity index (χ0n) is 17.3. The highest BCUT2D eigenvalue weighted by molar-refractivity contribution is 6.46. The maximum atomic E-state index is 13.8. The Hall–Kier alpha value is -3.44. The number of hydrogen-bond acceptors (Lipinski definition) is 3. The van der Waals surface area contributed by atoms with Crippen molar-refractivity contribution in [2.45, 2.75) is 20.8 Å². The molecule has 1 heterocycles. The Morgan fingerprint density at radius 1 is 0.839 bits per heavy atom. The second-order valence-corrected chi connectivity index (χ2v) is 7.97. The van der Waals surface area contributed by atoms with E-state index in [1.165, 1.54) is 24.3 Å². The molecule has 0 saturated heterocycles. The molecule has 4 rings (SSSR count). The van der Waals surface area contributed by atoms with Crippen molar-refractivity contribution in [2.24, 2.45) is 0 Å². The summed E-state index contributed by atoms with van der Waals surface area (Å²) in [5, 5.41) is 3.61. The van der Waals surface area contributed by atoms with Crippen LogP contribution >= 0.6 is 11.6 Å². The smallest absolute Gasteiger partial charge is 0.282 e. The van der Waals surface area contributed by atoms with E-state index >= 15 is 0 Å². The van der Waals surface area contributed by atoms with E-state index in [1.54, 1.807) is 12.1 Å². The lowest BCUT2D eigenvalue weighted by Gasteiger charge is -2.15. The number of nitrogens with zero attached hydrogens (tertiary/aromatic N) is 1. The van der Waals surface area contributed by atoms with E-state index in [-0.39, 0.29) is 17.0 Å². The van der Waals surface area contributed by atoms with Crippen molar-refractivity contribution < 1.29 is 14.0 Å². The number of rotatable bonds is 4. The van der Waals surface area contributed by atoms with Gasteiger partial charge in [0.25, 0.3) is 11.8 Å². The van der Waals surface area contributed by atoms with Gasteiger partial charge in [0.2, 0.25) is 0 Å². The standard InChI is InChI=1S/C25H20ClFN2O2/c1-14-7-9-17(11-16(14)3)22-23(28-19-10-8-15(2)21(26)13-19)25(31)29(24(22)30)20-6-4-5-18(27)12-20/h4-13,28H,1-3H3. The third-order valence-electron chi connectivity index (χ3n) is 5.39. The van der Waals surface area contributed by atoms with Crippen molar-refractivity contribution in [1.29, 1.82) is 0 Å². The van der Waals surface area contributed by atoms with Gasteiger partial charge in [0, 0.05) is 10.7 Å². The lowest BCUT2D eigenvalue weighted by atomic mass is 9.99. The molecule has 1 aliphatic rings. The van der Waals surface area contributed by atoms with Gasteiger partial charge in [0.05, 0.1) is 11.3 Å². The highest BCUT2D eigenvalue weighted by Crippen LogP contribution is 2.35. The summed E-state index contributed by atoms with van der Waals surface area (Å²) in [5.74, 6) is -1.60. The number of amides is 2. The fourth-order valence-electron chi connectivity index (χ4n) is 3.48. The molecular weight excluding hydrogens is 415 g/mol. The molecule has 1 N–H and O–H groups in total. The number of hydrogen-bond donors (Lipinski definition) is 1. The molecule has 0 unspecified atom stereocenters. The monoisotopic (exact) mass is 434 g/mol. The molecule has 156 valence electrons. The van der Waals surface area contributed by atoms with Crippen LogP contribution in [0.2, 0.25) is 5.02 Å². The molecule has 0 radical (unpaired) electrons. The summed E-state index contributed by atoms with van der Waals surface area (Å²) in [6.07, 6.45) is 0. The summed E-state index contributed by atoms with van der Waals surface area (Å²) in [7, 11) is 0. The van der Waals surface area contributed by atoms with Gasteiger partial charge in [-0.3, -0.25) is 9.59 Å². The molecule has 4 nitrogen and oxygen atoms in total. The number of anilines is 2. The number of halogens is 2. The van der Waals surface area contributed by atoms with Gasteiger partial charge in [-0.2, -0.15) is 0 Å². The van der Waals surface area contributed by atoms with Crippen molar-refractivity contribution >= 4 is 40.4 Å². The van der Waals surface area contributed by atoms with Crippen LogP contribution in [0.3, 0.4) is 0 Å². The minimum absolute atomic E-state index is 0.123. The van der Waals surface area contributed by atoms with E-state index in [0.717, 1.165) is 21.6 Å². The molecule has 0 atom stereocenters. The highest BCUT2D eigenvalue weighted by atomic mass is 35.5. The van der Waals surface area contributed by atoms with Crippen molar-refractivity contribution in [3.8, 4) is 0 Å². The maximum Gasteiger partial charge on any atom is 0.282 e. The minimum atomic E-state index is -0.555. The summed E-state index contributed by atoms with van der Waals surface area (Å²) in [4.78, 5) is 27.7. The van der Waals surface area contributed by atoms with Crippen LogP contribution in [0.5, 0.6) is 0 Å². The molecule has 0 fully saturated rings. The van der Waals surface area contributed by atoms with Crippen LogP contribution in [-0.4, -0.2) is 11.8 Å². The van der Waals surface area contributed by atoms with Crippen LogP contribution < -0.4 is 10.2 Å². The first-order chi connectivity index (χ1) is 14.8. The molecule has 3 aromatic carbocycles. The molecular formula is C25H20ClFN2O2. The summed E-state index contributed by atoms with van der Waals surface area (Å²) in [6, 6.07) is 16.3. The number of benzene rings is 3. The lowest BCUT2D eigenvalue weighted by molar-refractivity contribution is -0.120. The maximum absolute atomic E-state index is 13.8. The van der Waals surface area contributed by atoms with E-state index in [1.807, 2.05) is 45.0 Å². The van der Waals surface area contributed by atoms with Gasteiger partial charge in [-0.05, 0) is 73.4 Å². The van der Waals surface area contributed by atoms with Gasteiger partial charge in [-0.1, -0.05) is 41.9 Å². The van der Waals surface area contributed by atoms with Crippen LogP contribution in [0.1, 0.15) is 22.3 Å². The molecule has 0 bridgehead atoms. The molecule has 6 heteroatoms. The highest BCUT2D eigenvalue weighted by Gasteiger charge is 2.40. The Bertz CT molecular complexity index is 1270. The van der Waals surface area contributed by atoms with E-state index in [4.69, 9.17) is 11.6 Å². The molecule has 0 aliphatic carbocycles. The molecule has 2 amide bonds. The zero-order valence-corrected chi connectivity index (χ0v) is 18.0. The van der Waals surface area contributed by atoms with Gasteiger partial charge >= 0.3 is 0 Å². The summed E-state index contributed by atoms with van der Waals surface area (Å²) in [5.41, 5.74) is 4.68. The first-order valence-corrected chi connectivity index (χ1v) is 10.1. The van der Waals surface area contributed by atoms with E-state index in [2.05, 4.69) is 5.32 Å². The first-order valence-electron chi connectivity index (χ1n) is 9.75. The lowest BCUT2D eigenvalue weighted by Crippen LogP contribution is -2.32. The predicted molar refractivity (Wildman–Crippen MR) is 122 cm³/mol. The van der Waals surface area contributed by atoms with Crippen LogP contribution in [-0.2, 0) is 9.59 Å². The predicted octanol–water partition coefficient (Wildman–Crippen LogP) is 5.80. The molecule has 0 spiro atoms. The van der Waals surface area contributed by atoms with E-state index in [9.17, 15) is 14.0 Å². The Morgan fingerprint density at radius 3 is 2.26 bits per heavy atom. The average molecular weight is 435 g/mol. The average Bonchev–Trinajstić information content (AvgIpc) is 2.96. The fourth-order valence-corrected chi connectivity index (χ4v) is 3.66.